The molecule has 1 saturated heterocycles. The summed E-state index contributed by atoms with van der Waals surface area (Å²) in [5.41, 5.74) is 3.27. The Bertz CT molecular complexity index is 1270. The molecule has 2 aliphatic heterocycles. The molecule has 3 aromatic rings. The topological polar surface area (TPSA) is 62.2 Å². The number of nitrogens with zero attached hydrogens (tertiary/aromatic N) is 3. The van der Waals surface area contributed by atoms with E-state index in [0.29, 0.717) is 11.9 Å². The molecule has 0 atom stereocenters. The monoisotopic (exact) mass is 463 g/mol. The van der Waals surface area contributed by atoms with Crippen molar-refractivity contribution in [3.63, 3.8) is 0 Å². The third kappa shape index (κ3) is 3.31. The molecule has 2 fully saturated rings. The van der Waals surface area contributed by atoms with Crippen molar-refractivity contribution in [2.75, 3.05) is 30.8 Å². The van der Waals surface area contributed by atoms with Crippen LogP contribution in [0.25, 0.3) is 17.1 Å². The molecule has 8 heteroatoms. The highest BCUT2D eigenvalue weighted by atomic mass is 19.1. The number of hydrogen-bond acceptors (Lipinski definition) is 4. The van der Waals surface area contributed by atoms with Gasteiger partial charge in [0.15, 0.2) is 0 Å². The lowest BCUT2D eigenvalue weighted by Gasteiger charge is -2.36. The van der Waals surface area contributed by atoms with Crippen LogP contribution in [0, 0.1) is 11.6 Å². The average Bonchev–Trinajstić information content (AvgIpc) is 3.37. The maximum absolute atomic E-state index is 14.6. The van der Waals surface area contributed by atoms with Gasteiger partial charge < -0.3 is 15.5 Å². The zero-order valence-corrected chi connectivity index (χ0v) is 19.1. The van der Waals surface area contributed by atoms with E-state index in [1.807, 2.05) is 12.1 Å². The van der Waals surface area contributed by atoms with Gasteiger partial charge in [-0.25, -0.2) is 13.8 Å². The lowest BCUT2D eigenvalue weighted by atomic mass is 9.65. The third-order valence-electron chi connectivity index (χ3n) is 7.68. The fourth-order valence-corrected chi connectivity index (χ4v) is 5.54. The van der Waals surface area contributed by atoms with Crippen molar-refractivity contribution in [3.05, 3.63) is 59.9 Å². The van der Waals surface area contributed by atoms with E-state index in [1.165, 1.54) is 12.1 Å². The number of imidazole rings is 1. The average molecular weight is 464 g/mol. The van der Waals surface area contributed by atoms with Gasteiger partial charge in [-0.2, -0.15) is 0 Å². The standard InChI is InChI=1S/C26H27F2N5O/c1-32-10-5-18(6-11-32)30-21-14-16(13-19-23(21)31-25(34)26(19)7-2-8-26)24-29-9-12-33(24)22-4-3-17(27)15-20(22)28/h3-4,9,12-15,18,30H,2,5-8,10-11H2,1H3,(H,31,34). The van der Waals surface area contributed by atoms with Gasteiger partial charge in [0.2, 0.25) is 5.91 Å². The van der Waals surface area contributed by atoms with E-state index in [1.54, 1.807) is 17.0 Å². The minimum absolute atomic E-state index is 0.0604. The molecular formula is C26H27F2N5O. The molecule has 0 unspecified atom stereocenters. The van der Waals surface area contributed by atoms with Gasteiger partial charge in [0.05, 0.1) is 22.5 Å². The quantitative estimate of drug-likeness (QED) is 0.589. The summed E-state index contributed by atoms with van der Waals surface area (Å²) in [6.45, 7) is 2.04. The van der Waals surface area contributed by atoms with Crippen LogP contribution in [0.3, 0.4) is 0 Å². The first kappa shape index (κ1) is 21.3. The predicted molar refractivity (Wildman–Crippen MR) is 127 cm³/mol. The van der Waals surface area contributed by atoms with E-state index in [0.717, 1.165) is 73.8 Å². The number of fused-ring (bicyclic) bond motifs is 2. The van der Waals surface area contributed by atoms with Crippen molar-refractivity contribution >= 4 is 17.3 Å². The molecule has 34 heavy (non-hydrogen) atoms. The van der Waals surface area contributed by atoms with Gasteiger partial charge in [0, 0.05) is 30.1 Å². The molecular weight excluding hydrogens is 436 g/mol. The lowest BCUT2D eigenvalue weighted by molar-refractivity contribution is -0.123. The van der Waals surface area contributed by atoms with Gasteiger partial charge in [-0.15, -0.1) is 0 Å². The third-order valence-corrected chi connectivity index (χ3v) is 7.68. The molecule has 2 aromatic carbocycles. The second-order valence-electron chi connectivity index (χ2n) is 9.77. The number of hydrogen-bond donors (Lipinski definition) is 2. The number of amides is 1. The molecule has 0 bridgehead atoms. The number of anilines is 2. The van der Waals surface area contributed by atoms with Crippen LogP contribution in [0.5, 0.6) is 0 Å². The van der Waals surface area contributed by atoms with E-state index in [4.69, 9.17) is 0 Å². The molecule has 1 aliphatic carbocycles. The Balaban J connectivity index is 1.46. The molecule has 1 amide bonds. The molecule has 1 spiro atoms. The van der Waals surface area contributed by atoms with Gasteiger partial charge in [-0.05, 0) is 75.6 Å². The van der Waals surface area contributed by atoms with Crippen molar-refractivity contribution in [2.24, 2.45) is 0 Å². The van der Waals surface area contributed by atoms with E-state index < -0.39 is 17.0 Å². The van der Waals surface area contributed by atoms with Gasteiger partial charge >= 0.3 is 0 Å². The van der Waals surface area contributed by atoms with E-state index >= 15 is 0 Å². The van der Waals surface area contributed by atoms with Crippen LogP contribution < -0.4 is 10.6 Å². The second kappa shape index (κ2) is 7.91. The van der Waals surface area contributed by atoms with Crippen LogP contribution >= 0.6 is 0 Å². The number of carbonyl (C=O) groups excluding carboxylic acids is 1. The van der Waals surface area contributed by atoms with E-state index in [2.05, 4.69) is 27.6 Å². The minimum atomic E-state index is -0.655. The van der Waals surface area contributed by atoms with Gasteiger partial charge in [0.25, 0.3) is 0 Å². The zero-order valence-electron chi connectivity index (χ0n) is 19.1. The maximum Gasteiger partial charge on any atom is 0.235 e. The zero-order chi connectivity index (χ0) is 23.4. The Morgan fingerprint density at radius 3 is 2.65 bits per heavy atom. The normalized spacial score (nSPS) is 19.7. The molecule has 1 aromatic heterocycles. The van der Waals surface area contributed by atoms with Crippen molar-refractivity contribution in [3.8, 4) is 17.1 Å². The number of likely N-dealkylation sites (tertiary alicyclic amines) is 1. The van der Waals surface area contributed by atoms with Crippen LogP contribution in [-0.2, 0) is 10.2 Å². The Hall–Kier alpha value is -3.26. The SMILES string of the molecule is CN1CCC(Nc2cc(-c3nccn3-c3ccc(F)cc3F)cc3c2NC(=O)C32CCC2)CC1. The molecule has 2 N–H and O–H groups in total. The molecule has 1 saturated carbocycles. The number of benzene rings is 2. The van der Waals surface area contributed by atoms with Gasteiger partial charge in [0.1, 0.15) is 17.5 Å². The van der Waals surface area contributed by atoms with Crippen molar-refractivity contribution in [2.45, 2.75) is 43.6 Å². The number of halogens is 2. The Kier molecular flexibility index (Phi) is 4.95. The second-order valence-corrected chi connectivity index (χ2v) is 9.77. The summed E-state index contributed by atoms with van der Waals surface area (Å²) in [6, 6.07) is 7.85. The van der Waals surface area contributed by atoms with Gasteiger partial charge in [-0.3, -0.25) is 9.36 Å². The Morgan fingerprint density at radius 2 is 1.94 bits per heavy atom. The minimum Gasteiger partial charge on any atom is -0.381 e. The highest BCUT2D eigenvalue weighted by Gasteiger charge is 2.52. The van der Waals surface area contributed by atoms with Crippen molar-refractivity contribution in [1.29, 1.82) is 0 Å². The fraction of sp³-hybridized carbons (Fsp3) is 0.385. The van der Waals surface area contributed by atoms with Crippen LogP contribution in [0.1, 0.15) is 37.7 Å². The lowest BCUT2D eigenvalue weighted by Crippen LogP contribution is -2.40. The molecule has 3 aliphatic rings. The number of nitrogens with one attached hydrogen (secondary N) is 2. The van der Waals surface area contributed by atoms with Crippen LogP contribution in [0.15, 0.2) is 42.7 Å². The van der Waals surface area contributed by atoms with Crippen molar-refractivity contribution in [1.82, 2.24) is 14.5 Å². The predicted octanol–water partition coefficient (Wildman–Crippen LogP) is 4.70. The number of piperidine rings is 1. The number of aromatic nitrogens is 2. The highest BCUT2D eigenvalue weighted by Crippen LogP contribution is 2.54. The Morgan fingerprint density at radius 1 is 1.15 bits per heavy atom. The van der Waals surface area contributed by atoms with Gasteiger partial charge in [-0.1, -0.05) is 6.42 Å². The van der Waals surface area contributed by atoms with Crippen molar-refractivity contribution < 1.29 is 13.6 Å². The maximum atomic E-state index is 14.6. The van der Waals surface area contributed by atoms with E-state index in [9.17, 15) is 13.6 Å². The first-order valence-electron chi connectivity index (χ1n) is 11.9. The summed E-state index contributed by atoms with van der Waals surface area (Å²) in [6.07, 6.45) is 7.98. The Labute approximate surface area is 197 Å². The fourth-order valence-electron chi connectivity index (χ4n) is 5.54. The van der Waals surface area contributed by atoms with Crippen LogP contribution in [0.2, 0.25) is 0 Å². The summed E-state index contributed by atoms with van der Waals surface area (Å²) >= 11 is 0. The van der Waals surface area contributed by atoms with Crippen LogP contribution in [0.4, 0.5) is 20.2 Å². The smallest absolute Gasteiger partial charge is 0.235 e. The first-order chi connectivity index (χ1) is 16.4. The summed E-state index contributed by atoms with van der Waals surface area (Å²) in [5.74, 6) is -0.669. The molecule has 0 radical (unpaired) electrons. The summed E-state index contributed by atoms with van der Waals surface area (Å²) in [4.78, 5) is 19.9. The summed E-state index contributed by atoms with van der Waals surface area (Å²) in [7, 11) is 2.13. The summed E-state index contributed by atoms with van der Waals surface area (Å²) in [5, 5.41) is 6.84. The molecule has 6 rings (SSSR count). The molecule has 6 nitrogen and oxygen atoms in total. The molecule has 3 heterocycles. The van der Waals surface area contributed by atoms with E-state index in [-0.39, 0.29) is 11.6 Å². The summed E-state index contributed by atoms with van der Waals surface area (Å²) < 4.78 is 29.8. The highest BCUT2D eigenvalue weighted by molar-refractivity contribution is 6.10. The largest absolute Gasteiger partial charge is 0.381 e. The number of carbonyl (C=O) groups is 1. The van der Waals surface area contributed by atoms with Crippen LogP contribution in [-0.4, -0.2) is 46.5 Å². The first-order valence-corrected chi connectivity index (χ1v) is 11.9. The number of rotatable bonds is 4. The molecule has 176 valence electrons.